The third-order valence-corrected chi connectivity index (χ3v) is 3.81. The van der Waals surface area contributed by atoms with Gasteiger partial charge in [0.2, 0.25) is 5.91 Å². The van der Waals surface area contributed by atoms with Crippen molar-refractivity contribution in [1.82, 2.24) is 5.32 Å². The average Bonchev–Trinajstić information content (AvgIpc) is 2.59. The zero-order valence-corrected chi connectivity index (χ0v) is 13.1. The fraction of sp³-hybridized carbons (Fsp3) is 0.529. The Balaban J connectivity index is 1.56. The van der Waals surface area contributed by atoms with Crippen LogP contribution in [0.1, 0.15) is 32.1 Å². The van der Waals surface area contributed by atoms with Crippen LogP contribution in [-0.2, 0) is 14.3 Å². The SMILES string of the molecule is O=C(CNC(=O)C1CCCCC1)OCCOc1ccc(F)cc1. The first kappa shape index (κ1) is 17.2. The molecule has 0 spiro atoms. The Labute approximate surface area is 135 Å². The molecule has 0 saturated heterocycles. The van der Waals surface area contributed by atoms with E-state index in [1.54, 1.807) is 0 Å². The van der Waals surface area contributed by atoms with Gasteiger partial charge >= 0.3 is 5.97 Å². The molecule has 2 rings (SSSR count). The molecule has 6 heteroatoms. The molecule has 1 saturated carbocycles. The monoisotopic (exact) mass is 323 g/mol. The van der Waals surface area contributed by atoms with Gasteiger partial charge < -0.3 is 14.8 Å². The Morgan fingerprint density at radius 1 is 1.09 bits per heavy atom. The summed E-state index contributed by atoms with van der Waals surface area (Å²) in [4.78, 5) is 23.4. The van der Waals surface area contributed by atoms with Crippen LogP contribution >= 0.6 is 0 Å². The number of esters is 1. The van der Waals surface area contributed by atoms with Crippen molar-refractivity contribution in [2.75, 3.05) is 19.8 Å². The number of carbonyl (C=O) groups is 2. The van der Waals surface area contributed by atoms with Gasteiger partial charge in [0.1, 0.15) is 31.3 Å². The van der Waals surface area contributed by atoms with Gasteiger partial charge in [-0.1, -0.05) is 19.3 Å². The molecule has 1 aliphatic carbocycles. The zero-order chi connectivity index (χ0) is 16.5. The van der Waals surface area contributed by atoms with Crippen LogP contribution in [0.5, 0.6) is 5.75 Å². The summed E-state index contributed by atoms with van der Waals surface area (Å²) >= 11 is 0. The number of nitrogens with one attached hydrogen (secondary N) is 1. The van der Waals surface area contributed by atoms with Crippen molar-refractivity contribution < 1.29 is 23.5 Å². The minimum absolute atomic E-state index is 0.0263. The second-order valence-corrected chi connectivity index (χ2v) is 5.58. The molecule has 0 radical (unpaired) electrons. The number of carbonyl (C=O) groups excluding carboxylic acids is 2. The molecule has 0 aliphatic heterocycles. The molecule has 23 heavy (non-hydrogen) atoms. The standard InChI is InChI=1S/C17H22FNO4/c18-14-6-8-15(9-7-14)22-10-11-23-16(20)12-19-17(21)13-4-2-1-3-5-13/h6-9,13H,1-5,10-12H2,(H,19,21). The molecule has 1 aliphatic rings. The number of hydrogen-bond acceptors (Lipinski definition) is 4. The fourth-order valence-corrected chi connectivity index (χ4v) is 2.57. The van der Waals surface area contributed by atoms with Crippen LogP contribution in [0.25, 0.3) is 0 Å². The van der Waals surface area contributed by atoms with E-state index in [1.165, 1.54) is 30.7 Å². The molecule has 1 aromatic carbocycles. The molecule has 0 atom stereocenters. The number of benzene rings is 1. The van der Waals surface area contributed by atoms with Crippen molar-refractivity contribution in [2.45, 2.75) is 32.1 Å². The Morgan fingerprint density at radius 2 is 1.78 bits per heavy atom. The fourth-order valence-electron chi connectivity index (χ4n) is 2.57. The topological polar surface area (TPSA) is 64.6 Å². The Bertz CT molecular complexity index is 512. The quantitative estimate of drug-likeness (QED) is 0.618. The molecule has 0 bridgehead atoms. The van der Waals surface area contributed by atoms with Gasteiger partial charge in [0.25, 0.3) is 0 Å². The molecular formula is C17H22FNO4. The van der Waals surface area contributed by atoms with Crippen LogP contribution in [0.2, 0.25) is 0 Å². The summed E-state index contributed by atoms with van der Waals surface area (Å²) in [5, 5.41) is 2.62. The van der Waals surface area contributed by atoms with Crippen LogP contribution in [-0.4, -0.2) is 31.6 Å². The zero-order valence-electron chi connectivity index (χ0n) is 13.1. The normalized spacial score (nSPS) is 15.0. The molecule has 1 N–H and O–H groups in total. The van der Waals surface area contributed by atoms with E-state index in [4.69, 9.17) is 9.47 Å². The smallest absolute Gasteiger partial charge is 0.325 e. The maximum Gasteiger partial charge on any atom is 0.325 e. The van der Waals surface area contributed by atoms with Gasteiger partial charge in [-0.3, -0.25) is 9.59 Å². The summed E-state index contributed by atoms with van der Waals surface area (Å²) in [5.41, 5.74) is 0. The highest BCUT2D eigenvalue weighted by atomic mass is 19.1. The Hall–Kier alpha value is -2.11. The van der Waals surface area contributed by atoms with E-state index in [0.29, 0.717) is 5.75 Å². The van der Waals surface area contributed by atoms with Gasteiger partial charge in [-0.05, 0) is 37.1 Å². The van der Waals surface area contributed by atoms with Crippen LogP contribution in [0.4, 0.5) is 4.39 Å². The lowest BCUT2D eigenvalue weighted by Gasteiger charge is -2.20. The van der Waals surface area contributed by atoms with Crippen molar-refractivity contribution in [1.29, 1.82) is 0 Å². The molecule has 0 aromatic heterocycles. The number of ether oxygens (including phenoxy) is 2. The first-order valence-corrected chi connectivity index (χ1v) is 7.97. The van der Waals surface area contributed by atoms with Gasteiger partial charge in [0, 0.05) is 5.92 Å². The minimum atomic E-state index is -0.489. The molecular weight excluding hydrogens is 301 g/mol. The highest BCUT2D eigenvalue weighted by Crippen LogP contribution is 2.23. The summed E-state index contributed by atoms with van der Waals surface area (Å²) in [6.07, 6.45) is 5.12. The van der Waals surface area contributed by atoms with Gasteiger partial charge in [-0.15, -0.1) is 0 Å². The van der Waals surface area contributed by atoms with Gasteiger partial charge in [0.05, 0.1) is 0 Å². The van der Waals surface area contributed by atoms with Crippen molar-refractivity contribution in [3.8, 4) is 5.75 Å². The summed E-state index contributed by atoms with van der Waals surface area (Å²) in [6, 6.07) is 5.59. The Morgan fingerprint density at radius 3 is 2.48 bits per heavy atom. The van der Waals surface area contributed by atoms with Gasteiger partial charge in [-0.25, -0.2) is 4.39 Å². The third kappa shape index (κ3) is 6.26. The van der Waals surface area contributed by atoms with E-state index in [1.807, 2.05) is 0 Å². The predicted octanol–water partition coefficient (Wildman–Crippen LogP) is 2.44. The lowest BCUT2D eigenvalue weighted by Crippen LogP contribution is -2.36. The lowest BCUT2D eigenvalue weighted by atomic mass is 9.89. The van der Waals surface area contributed by atoms with Crippen LogP contribution in [0.3, 0.4) is 0 Å². The molecule has 1 aromatic rings. The van der Waals surface area contributed by atoms with Crippen molar-refractivity contribution in [3.05, 3.63) is 30.1 Å². The van der Waals surface area contributed by atoms with E-state index >= 15 is 0 Å². The van der Waals surface area contributed by atoms with Crippen molar-refractivity contribution >= 4 is 11.9 Å². The maximum absolute atomic E-state index is 12.7. The van der Waals surface area contributed by atoms with E-state index in [-0.39, 0.29) is 37.4 Å². The lowest BCUT2D eigenvalue weighted by molar-refractivity contribution is -0.145. The summed E-state index contributed by atoms with van der Waals surface area (Å²) in [7, 11) is 0. The van der Waals surface area contributed by atoms with Crippen LogP contribution < -0.4 is 10.1 Å². The second kappa shape index (κ2) is 9.12. The van der Waals surface area contributed by atoms with Gasteiger partial charge in [0.15, 0.2) is 0 Å². The van der Waals surface area contributed by atoms with Crippen molar-refractivity contribution in [3.63, 3.8) is 0 Å². The minimum Gasteiger partial charge on any atom is -0.490 e. The molecule has 1 amide bonds. The van der Waals surface area contributed by atoms with Crippen LogP contribution in [0.15, 0.2) is 24.3 Å². The highest BCUT2D eigenvalue weighted by Gasteiger charge is 2.21. The molecule has 1 fully saturated rings. The molecule has 5 nitrogen and oxygen atoms in total. The van der Waals surface area contributed by atoms with E-state index in [2.05, 4.69) is 5.32 Å². The molecule has 0 unspecified atom stereocenters. The number of halogens is 1. The van der Waals surface area contributed by atoms with Gasteiger partial charge in [-0.2, -0.15) is 0 Å². The predicted molar refractivity (Wildman–Crippen MR) is 82.4 cm³/mol. The summed E-state index contributed by atoms with van der Waals surface area (Å²) in [5.74, 6) is -0.357. The maximum atomic E-state index is 12.7. The average molecular weight is 323 g/mol. The third-order valence-electron chi connectivity index (χ3n) is 3.81. The number of hydrogen-bond donors (Lipinski definition) is 1. The summed E-state index contributed by atoms with van der Waals surface area (Å²) < 4.78 is 23.0. The molecule has 126 valence electrons. The Kier molecular flexibility index (Phi) is 6.84. The first-order chi connectivity index (χ1) is 11.1. The largest absolute Gasteiger partial charge is 0.490 e. The highest BCUT2D eigenvalue weighted by molar-refractivity contribution is 5.83. The second-order valence-electron chi connectivity index (χ2n) is 5.58. The van der Waals surface area contributed by atoms with Crippen molar-refractivity contribution in [2.24, 2.45) is 5.92 Å². The number of amides is 1. The van der Waals surface area contributed by atoms with E-state index in [9.17, 15) is 14.0 Å². The van der Waals surface area contributed by atoms with E-state index in [0.717, 1.165) is 25.7 Å². The number of rotatable bonds is 7. The van der Waals surface area contributed by atoms with Crippen LogP contribution in [0, 0.1) is 11.7 Å². The van der Waals surface area contributed by atoms with E-state index < -0.39 is 5.97 Å². The molecule has 0 heterocycles. The first-order valence-electron chi connectivity index (χ1n) is 7.97. The summed E-state index contributed by atoms with van der Waals surface area (Å²) in [6.45, 7) is 0.134.